The Hall–Kier alpha value is -1.09. The van der Waals surface area contributed by atoms with Gasteiger partial charge < -0.3 is 9.84 Å². The number of halogens is 1. The first-order valence-electron chi connectivity index (χ1n) is 4.17. The molecule has 1 aromatic carbocycles. The molecule has 0 aromatic heterocycles. The molecule has 0 saturated heterocycles. The molecule has 0 aliphatic heterocycles. The van der Waals surface area contributed by atoms with E-state index in [0.29, 0.717) is 0 Å². The molecule has 0 spiro atoms. The number of aliphatic hydroxyl groups excluding tert-OH is 1. The Bertz CT molecular complexity index is 286. The fourth-order valence-corrected chi connectivity index (χ4v) is 0.955. The molecule has 0 radical (unpaired) electrons. The van der Waals surface area contributed by atoms with Crippen LogP contribution >= 0.6 is 0 Å². The zero-order chi connectivity index (χ0) is 9.84. The summed E-state index contributed by atoms with van der Waals surface area (Å²) in [4.78, 5) is 0. The molecule has 2 nitrogen and oxygen atoms in total. The van der Waals surface area contributed by atoms with Crippen molar-refractivity contribution in [3.63, 3.8) is 0 Å². The topological polar surface area (TPSA) is 29.5 Å². The van der Waals surface area contributed by atoms with Crippen LogP contribution < -0.4 is 4.74 Å². The van der Waals surface area contributed by atoms with Gasteiger partial charge in [-0.3, -0.25) is 0 Å². The predicted molar refractivity (Wildman–Crippen MR) is 48.3 cm³/mol. The third kappa shape index (κ3) is 2.70. The fourth-order valence-electron chi connectivity index (χ4n) is 0.955. The average Bonchev–Trinajstić information content (AvgIpc) is 2.09. The zero-order valence-electron chi connectivity index (χ0n) is 7.75. The van der Waals surface area contributed by atoms with Gasteiger partial charge >= 0.3 is 0 Å². The van der Waals surface area contributed by atoms with E-state index in [4.69, 9.17) is 9.84 Å². The second-order valence-electron chi connectivity index (χ2n) is 3.04. The molecule has 0 bridgehead atoms. The Labute approximate surface area is 77.0 Å². The SMILES string of the molecule is Cc1ccc(O[C@@H](C)CO)c(F)c1. The van der Waals surface area contributed by atoms with Crippen LogP contribution in [0.4, 0.5) is 4.39 Å². The first kappa shape index (κ1) is 9.99. The molecule has 0 aliphatic carbocycles. The van der Waals surface area contributed by atoms with Crippen LogP contribution in [0.2, 0.25) is 0 Å². The molecular formula is C10H13FO2. The van der Waals surface area contributed by atoms with Gasteiger partial charge in [0.2, 0.25) is 0 Å². The van der Waals surface area contributed by atoms with Gasteiger partial charge in [-0.2, -0.15) is 0 Å². The molecule has 0 unspecified atom stereocenters. The molecule has 13 heavy (non-hydrogen) atoms. The third-order valence-corrected chi connectivity index (χ3v) is 1.67. The third-order valence-electron chi connectivity index (χ3n) is 1.67. The molecule has 0 fully saturated rings. The first-order valence-corrected chi connectivity index (χ1v) is 4.17. The van der Waals surface area contributed by atoms with Crippen molar-refractivity contribution < 1.29 is 14.2 Å². The number of hydrogen-bond acceptors (Lipinski definition) is 2. The molecule has 1 rings (SSSR count). The van der Waals surface area contributed by atoms with Gasteiger partial charge in [-0.25, -0.2) is 4.39 Å². The summed E-state index contributed by atoms with van der Waals surface area (Å²) in [5.74, 6) is -0.201. The van der Waals surface area contributed by atoms with Crippen LogP contribution in [0.3, 0.4) is 0 Å². The van der Waals surface area contributed by atoms with Gasteiger partial charge in [0.1, 0.15) is 6.10 Å². The second-order valence-corrected chi connectivity index (χ2v) is 3.04. The van der Waals surface area contributed by atoms with Gasteiger partial charge in [-0.15, -0.1) is 0 Å². The van der Waals surface area contributed by atoms with Crippen LogP contribution in [0.25, 0.3) is 0 Å². The van der Waals surface area contributed by atoms with Crippen molar-refractivity contribution in [2.45, 2.75) is 20.0 Å². The Morgan fingerprint density at radius 1 is 1.54 bits per heavy atom. The molecule has 0 heterocycles. The molecule has 3 heteroatoms. The van der Waals surface area contributed by atoms with Gasteiger partial charge in [-0.05, 0) is 31.5 Å². The highest BCUT2D eigenvalue weighted by Crippen LogP contribution is 2.18. The molecule has 0 saturated carbocycles. The quantitative estimate of drug-likeness (QED) is 0.777. The summed E-state index contributed by atoms with van der Waals surface area (Å²) >= 11 is 0. The molecular weight excluding hydrogens is 171 g/mol. The van der Waals surface area contributed by atoms with Crippen molar-refractivity contribution in [3.05, 3.63) is 29.6 Å². The van der Waals surface area contributed by atoms with E-state index < -0.39 is 0 Å². The monoisotopic (exact) mass is 184 g/mol. The van der Waals surface area contributed by atoms with Crippen LogP contribution in [0, 0.1) is 12.7 Å². The van der Waals surface area contributed by atoms with E-state index in [1.807, 2.05) is 6.92 Å². The standard InChI is InChI=1S/C10H13FO2/c1-7-3-4-10(9(11)5-7)13-8(2)6-12/h3-5,8,12H,6H2,1-2H3/t8-/m0/s1. The zero-order valence-corrected chi connectivity index (χ0v) is 7.75. The van der Waals surface area contributed by atoms with Gasteiger partial charge in [-0.1, -0.05) is 6.07 Å². The Kier molecular flexibility index (Phi) is 3.25. The summed E-state index contributed by atoms with van der Waals surface area (Å²) in [5.41, 5.74) is 0.849. The first-order chi connectivity index (χ1) is 6.13. The van der Waals surface area contributed by atoms with Crippen molar-refractivity contribution in [2.75, 3.05) is 6.61 Å². The summed E-state index contributed by atoms with van der Waals surface area (Å²) in [6, 6.07) is 4.73. The highest BCUT2D eigenvalue weighted by atomic mass is 19.1. The largest absolute Gasteiger partial charge is 0.485 e. The lowest BCUT2D eigenvalue weighted by Crippen LogP contribution is -2.16. The van der Waals surface area contributed by atoms with Crippen LogP contribution in [-0.2, 0) is 0 Å². The van der Waals surface area contributed by atoms with Gasteiger partial charge in [0, 0.05) is 0 Å². The second kappa shape index (κ2) is 4.23. The Morgan fingerprint density at radius 2 is 2.23 bits per heavy atom. The molecule has 0 aliphatic rings. The summed E-state index contributed by atoms with van der Waals surface area (Å²) in [6.07, 6.45) is -0.378. The van der Waals surface area contributed by atoms with E-state index in [1.165, 1.54) is 6.07 Å². The number of ether oxygens (including phenoxy) is 1. The number of aliphatic hydroxyl groups is 1. The summed E-state index contributed by atoms with van der Waals surface area (Å²) in [7, 11) is 0. The molecule has 1 atom stereocenters. The van der Waals surface area contributed by atoms with Crippen molar-refractivity contribution >= 4 is 0 Å². The van der Waals surface area contributed by atoms with E-state index in [2.05, 4.69) is 0 Å². The van der Waals surface area contributed by atoms with E-state index in [1.54, 1.807) is 19.1 Å². The van der Waals surface area contributed by atoms with Crippen molar-refractivity contribution in [1.29, 1.82) is 0 Å². The minimum absolute atomic E-state index is 0.118. The molecule has 72 valence electrons. The number of benzene rings is 1. The summed E-state index contributed by atoms with van der Waals surface area (Å²) in [5, 5.41) is 8.69. The van der Waals surface area contributed by atoms with E-state index >= 15 is 0 Å². The summed E-state index contributed by atoms with van der Waals surface area (Å²) in [6.45, 7) is 3.37. The van der Waals surface area contributed by atoms with Crippen molar-refractivity contribution in [1.82, 2.24) is 0 Å². The van der Waals surface area contributed by atoms with Crippen LogP contribution in [0.1, 0.15) is 12.5 Å². The summed E-state index contributed by atoms with van der Waals surface area (Å²) < 4.78 is 18.3. The number of aryl methyl sites for hydroxylation is 1. The molecule has 0 amide bonds. The lowest BCUT2D eigenvalue weighted by molar-refractivity contribution is 0.125. The average molecular weight is 184 g/mol. The number of rotatable bonds is 3. The number of hydrogen-bond donors (Lipinski definition) is 1. The minimum atomic E-state index is -0.389. The smallest absolute Gasteiger partial charge is 0.165 e. The molecule has 1 N–H and O–H groups in total. The maximum absolute atomic E-state index is 13.1. The Morgan fingerprint density at radius 3 is 2.77 bits per heavy atom. The van der Waals surface area contributed by atoms with Gasteiger partial charge in [0.15, 0.2) is 11.6 Å². The van der Waals surface area contributed by atoms with Crippen molar-refractivity contribution in [3.8, 4) is 5.75 Å². The van der Waals surface area contributed by atoms with Crippen LogP contribution in [0.15, 0.2) is 18.2 Å². The predicted octanol–water partition coefficient (Wildman–Crippen LogP) is 1.89. The highest BCUT2D eigenvalue weighted by Gasteiger charge is 2.06. The Balaban J connectivity index is 2.77. The maximum Gasteiger partial charge on any atom is 0.165 e. The van der Waals surface area contributed by atoms with Gasteiger partial charge in [0.05, 0.1) is 6.61 Å². The maximum atomic E-state index is 13.1. The lowest BCUT2D eigenvalue weighted by Gasteiger charge is -2.12. The van der Waals surface area contributed by atoms with Crippen molar-refractivity contribution in [2.24, 2.45) is 0 Å². The van der Waals surface area contributed by atoms with Crippen LogP contribution in [0.5, 0.6) is 5.75 Å². The van der Waals surface area contributed by atoms with E-state index in [-0.39, 0.29) is 24.3 Å². The van der Waals surface area contributed by atoms with Gasteiger partial charge in [0.25, 0.3) is 0 Å². The fraction of sp³-hybridized carbons (Fsp3) is 0.400. The minimum Gasteiger partial charge on any atom is -0.485 e. The van der Waals surface area contributed by atoms with Crippen LogP contribution in [-0.4, -0.2) is 17.8 Å². The van der Waals surface area contributed by atoms with E-state index in [9.17, 15) is 4.39 Å². The van der Waals surface area contributed by atoms with E-state index in [0.717, 1.165) is 5.56 Å². The molecule has 1 aromatic rings. The highest BCUT2D eigenvalue weighted by molar-refractivity contribution is 5.28. The normalized spacial score (nSPS) is 12.6. The lowest BCUT2D eigenvalue weighted by atomic mass is 10.2.